The zero-order valence-corrected chi connectivity index (χ0v) is 11.4. The third kappa shape index (κ3) is 7.51. The SMILES string of the molecule is CCOCC(NC(=O)NC(C)(C)C)C(C)C. The zero-order valence-electron chi connectivity index (χ0n) is 11.4. The van der Waals surface area contributed by atoms with Crippen LogP contribution in [0, 0.1) is 5.92 Å². The van der Waals surface area contributed by atoms with Crippen molar-refractivity contribution in [3.05, 3.63) is 0 Å². The molecule has 0 saturated heterocycles. The van der Waals surface area contributed by atoms with Crippen molar-refractivity contribution in [3.8, 4) is 0 Å². The number of hydrogen-bond donors (Lipinski definition) is 2. The van der Waals surface area contributed by atoms with Gasteiger partial charge < -0.3 is 15.4 Å². The van der Waals surface area contributed by atoms with E-state index in [0.29, 0.717) is 19.1 Å². The van der Waals surface area contributed by atoms with Crippen LogP contribution in [-0.2, 0) is 4.74 Å². The number of carbonyl (C=O) groups is 1. The summed E-state index contributed by atoms with van der Waals surface area (Å²) in [5.41, 5.74) is -0.211. The topological polar surface area (TPSA) is 50.4 Å². The molecule has 2 N–H and O–H groups in total. The molecule has 0 aromatic heterocycles. The molecule has 4 heteroatoms. The molecule has 1 unspecified atom stereocenters. The number of rotatable bonds is 5. The minimum atomic E-state index is -0.211. The summed E-state index contributed by atoms with van der Waals surface area (Å²) >= 11 is 0. The monoisotopic (exact) mass is 230 g/mol. The van der Waals surface area contributed by atoms with Crippen LogP contribution in [0.5, 0.6) is 0 Å². The van der Waals surface area contributed by atoms with Gasteiger partial charge in [0.1, 0.15) is 0 Å². The molecule has 0 aliphatic rings. The van der Waals surface area contributed by atoms with Gasteiger partial charge >= 0.3 is 6.03 Å². The second-order valence-electron chi connectivity index (χ2n) is 5.36. The Hall–Kier alpha value is -0.770. The molecule has 4 nitrogen and oxygen atoms in total. The molecule has 0 aromatic rings. The lowest BCUT2D eigenvalue weighted by molar-refractivity contribution is 0.110. The highest BCUT2D eigenvalue weighted by Gasteiger charge is 2.19. The van der Waals surface area contributed by atoms with Crippen LogP contribution in [0.3, 0.4) is 0 Å². The minimum Gasteiger partial charge on any atom is -0.380 e. The Balaban J connectivity index is 4.13. The quantitative estimate of drug-likeness (QED) is 0.760. The average Bonchev–Trinajstić information content (AvgIpc) is 2.08. The first-order valence-corrected chi connectivity index (χ1v) is 5.92. The van der Waals surface area contributed by atoms with Gasteiger partial charge in [-0.25, -0.2) is 4.79 Å². The first-order valence-electron chi connectivity index (χ1n) is 5.92. The Labute approximate surface area is 99.1 Å². The van der Waals surface area contributed by atoms with Crippen molar-refractivity contribution in [2.75, 3.05) is 13.2 Å². The number of urea groups is 1. The van der Waals surface area contributed by atoms with E-state index in [2.05, 4.69) is 24.5 Å². The molecule has 96 valence electrons. The van der Waals surface area contributed by atoms with Gasteiger partial charge in [0.2, 0.25) is 0 Å². The minimum absolute atomic E-state index is 0.0577. The van der Waals surface area contributed by atoms with Crippen LogP contribution < -0.4 is 10.6 Å². The summed E-state index contributed by atoms with van der Waals surface area (Å²) in [6.45, 7) is 13.2. The van der Waals surface area contributed by atoms with Gasteiger partial charge in [0, 0.05) is 12.1 Å². The van der Waals surface area contributed by atoms with E-state index in [9.17, 15) is 4.79 Å². The maximum absolute atomic E-state index is 11.7. The molecular weight excluding hydrogens is 204 g/mol. The molecule has 0 aliphatic carbocycles. The van der Waals surface area contributed by atoms with Crippen molar-refractivity contribution in [3.63, 3.8) is 0 Å². The predicted octanol–water partition coefficient (Wildman–Crippen LogP) is 2.15. The first kappa shape index (κ1) is 15.2. The highest BCUT2D eigenvalue weighted by atomic mass is 16.5. The second kappa shape index (κ2) is 6.74. The lowest BCUT2D eigenvalue weighted by atomic mass is 10.1. The summed E-state index contributed by atoms with van der Waals surface area (Å²) in [5.74, 6) is 0.359. The third-order valence-electron chi connectivity index (χ3n) is 2.11. The van der Waals surface area contributed by atoms with Crippen LogP contribution in [0.25, 0.3) is 0 Å². The van der Waals surface area contributed by atoms with Crippen LogP contribution in [0.2, 0.25) is 0 Å². The van der Waals surface area contributed by atoms with Crippen LogP contribution in [0.4, 0.5) is 4.79 Å². The molecule has 0 rings (SSSR count). The van der Waals surface area contributed by atoms with Gasteiger partial charge in [-0.2, -0.15) is 0 Å². The van der Waals surface area contributed by atoms with Crippen molar-refractivity contribution in [1.82, 2.24) is 10.6 Å². The van der Waals surface area contributed by atoms with Crippen LogP contribution >= 0.6 is 0 Å². The molecule has 0 bridgehead atoms. The molecule has 0 radical (unpaired) electrons. The second-order valence-corrected chi connectivity index (χ2v) is 5.36. The number of carbonyl (C=O) groups excluding carboxylic acids is 1. The lowest BCUT2D eigenvalue weighted by Gasteiger charge is -2.26. The van der Waals surface area contributed by atoms with E-state index in [4.69, 9.17) is 4.74 Å². The van der Waals surface area contributed by atoms with E-state index < -0.39 is 0 Å². The van der Waals surface area contributed by atoms with E-state index in [1.54, 1.807) is 0 Å². The molecule has 0 saturated carbocycles. The standard InChI is InChI=1S/C12H26N2O2/c1-7-16-8-10(9(2)3)13-11(15)14-12(4,5)6/h9-10H,7-8H2,1-6H3,(H2,13,14,15). The Bertz CT molecular complexity index is 210. The largest absolute Gasteiger partial charge is 0.380 e. The van der Waals surface area contributed by atoms with Crippen molar-refractivity contribution < 1.29 is 9.53 Å². The fraction of sp³-hybridized carbons (Fsp3) is 0.917. The molecule has 0 aliphatic heterocycles. The van der Waals surface area contributed by atoms with Gasteiger partial charge in [0.05, 0.1) is 12.6 Å². The van der Waals surface area contributed by atoms with Crippen LogP contribution in [0.1, 0.15) is 41.5 Å². The summed E-state index contributed by atoms with van der Waals surface area (Å²) in [7, 11) is 0. The maximum Gasteiger partial charge on any atom is 0.315 e. The first-order chi connectivity index (χ1) is 7.26. The summed E-state index contributed by atoms with van der Waals surface area (Å²) < 4.78 is 5.35. The van der Waals surface area contributed by atoms with Gasteiger partial charge in [-0.1, -0.05) is 13.8 Å². The lowest BCUT2D eigenvalue weighted by Crippen LogP contribution is -2.52. The van der Waals surface area contributed by atoms with Gasteiger partial charge in [0.15, 0.2) is 0 Å². The van der Waals surface area contributed by atoms with Crippen molar-refractivity contribution in [2.45, 2.75) is 53.1 Å². The molecule has 0 fully saturated rings. The maximum atomic E-state index is 11.7. The molecule has 0 spiro atoms. The van der Waals surface area contributed by atoms with Gasteiger partial charge in [-0.15, -0.1) is 0 Å². The normalized spacial score (nSPS) is 13.7. The van der Waals surface area contributed by atoms with Crippen molar-refractivity contribution in [2.24, 2.45) is 5.92 Å². The summed E-state index contributed by atoms with van der Waals surface area (Å²) in [6, 6.07) is -0.0757. The van der Waals surface area contributed by atoms with E-state index in [0.717, 1.165) is 0 Å². The molecule has 0 heterocycles. The number of ether oxygens (including phenoxy) is 1. The average molecular weight is 230 g/mol. The Morgan fingerprint density at radius 2 is 1.88 bits per heavy atom. The third-order valence-corrected chi connectivity index (χ3v) is 2.11. The van der Waals surface area contributed by atoms with E-state index in [1.807, 2.05) is 27.7 Å². The van der Waals surface area contributed by atoms with E-state index in [1.165, 1.54) is 0 Å². The summed E-state index contributed by atoms with van der Waals surface area (Å²) in [4.78, 5) is 11.7. The molecular formula is C12H26N2O2. The molecule has 0 aromatic carbocycles. The van der Waals surface area contributed by atoms with E-state index in [-0.39, 0.29) is 17.6 Å². The summed E-state index contributed by atoms with van der Waals surface area (Å²) in [5, 5.41) is 5.81. The van der Waals surface area contributed by atoms with Crippen LogP contribution in [0.15, 0.2) is 0 Å². The van der Waals surface area contributed by atoms with E-state index >= 15 is 0 Å². The predicted molar refractivity (Wildman–Crippen MR) is 66.5 cm³/mol. The fourth-order valence-electron chi connectivity index (χ4n) is 1.19. The van der Waals surface area contributed by atoms with Gasteiger partial charge in [-0.05, 0) is 33.6 Å². The molecule has 16 heavy (non-hydrogen) atoms. The summed E-state index contributed by atoms with van der Waals surface area (Å²) in [6.07, 6.45) is 0. The highest BCUT2D eigenvalue weighted by Crippen LogP contribution is 2.03. The fourth-order valence-corrected chi connectivity index (χ4v) is 1.19. The Morgan fingerprint density at radius 1 is 1.31 bits per heavy atom. The molecule has 1 atom stereocenters. The Morgan fingerprint density at radius 3 is 2.25 bits per heavy atom. The van der Waals surface area contributed by atoms with Crippen LogP contribution in [-0.4, -0.2) is 30.8 Å². The molecule has 2 amide bonds. The number of hydrogen-bond acceptors (Lipinski definition) is 2. The smallest absolute Gasteiger partial charge is 0.315 e. The van der Waals surface area contributed by atoms with Crippen molar-refractivity contribution in [1.29, 1.82) is 0 Å². The number of amides is 2. The number of nitrogens with one attached hydrogen (secondary N) is 2. The van der Waals surface area contributed by atoms with Gasteiger partial charge in [0.25, 0.3) is 0 Å². The zero-order chi connectivity index (χ0) is 12.8. The Kier molecular flexibility index (Phi) is 6.41. The highest BCUT2D eigenvalue weighted by molar-refractivity contribution is 5.75. The van der Waals surface area contributed by atoms with Crippen molar-refractivity contribution >= 4 is 6.03 Å². The van der Waals surface area contributed by atoms with Gasteiger partial charge in [-0.3, -0.25) is 0 Å².